The van der Waals surface area contributed by atoms with E-state index < -0.39 is 0 Å². The van der Waals surface area contributed by atoms with E-state index in [4.69, 9.17) is 4.98 Å². The summed E-state index contributed by atoms with van der Waals surface area (Å²) < 4.78 is 2.11. The number of aromatic nitrogens is 7. The molecule has 1 atom stereocenters. The van der Waals surface area contributed by atoms with Crippen molar-refractivity contribution in [3.05, 3.63) is 67.1 Å². The van der Waals surface area contributed by atoms with Crippen LogP contribution in [-0.4, -0.2) is 34.5 Å². The highest BCUT2D eigenvalue weighted by molar-refractivity contribution is 7.99. The Morgan fingerprint density at radius 3 is 2.78 bits per heavy atom. The smallest absolute Gasteiger partial charge is 0.164 e. The van der Waals surface area contributed by atoms with Crippen molar-refractivity contribution in [2.75, 3.05) is 0 Å². The largest absolute Gasteiger partial charge is 0.329 e. The van der Waals surface area contributed by atoms with Crippen molar-refractivity contribution in [1.82, 2.24) is 34.5 Å². The van der Waals surface area contributed by atoms with Crippen LogP contribution in [0, 0.1) is 0 Å². The van der Waals surface area contributed by atoms with Gasteiger partial charge in [0.2, 0.25) is 0 Å². The number of thioether (sulfide) groups is 1. The van der Waals surface area contributed by atoms with Crippen LogP contribution in [0.1, 0.15) is 18.0 Å². The highest BCUT2D eigenvalue weighted by Crippen LogP contribution is 2.37. The maximum absolute atomic E-state index is 4.86. The molecule has 0 aliphatic heterocycles. The summed E-state index contributed by atoms with van der Waals surface area (Å²) in [5, 5.41) is 0.864. The summed E-state index contributed by atoms with van der Waals surface area (Å²) >= 11 is 1.61. The molecule has 1 aromatic carbocycles. The van der Waals surface area contributed by atoms with Crippen molar-refractivity contribution >= 4 is 34.1 Å². The molecule has 7 nitrogen and oxygen atoms in total. The van der Waals surface area contributed by atoms with Gasteiger partial charge in [0.05, 0.1) is 11.6 Å². The van der Waals surface area contributed by atoms with Gasteiger partial charge >= 0.3 is 0 Å². The van der Waals surface area contributed by atoms with Gasteiger partial charge in [0, 0.05) is 11.9 Å². The van der Waals surface area contributed by atoms with E-state index in [9.17, 15) is 0 Å². The minimum absolute atomic E-state index is 0.0363. The third-order valence-electron chi connectivity index (χ3n) is 4.29. The summed E-state index contributed by atoms with van der Waals surface area (Å²) in [7, 11) is 0. The number of pyridine rings is 1. The third kappa shape index (κ3) is 2.74. The van der Waals surface area contributed by atoms with Crippen molar-refractivity contribution < 1.29 is 0 Å². The molecule has 0 amide bonds. The summed E-state index contributed by atoms with van der Waals surface area (Å²) in [5.74, 6) is 0.919. The van der Waals surface area contributed by atoms with Crippen LogP contribution >= 0.6 is 11.8 Å². The Labute approximate surface area is 158 Å². The Balaban J connectivity index is 1.63. The third-order valence-corrected chi connectivity index (χ3v) is 5.38. The molecule has 5 rings (SSSR count). The summed E-state index contributed by atoms with van der Waals surface area (Å²) in [6, 6.07) is 14.1. The standard InChI is InChI=1S/C19H15N7S/c1-12(27-19-15-16(22-10-21-15)23-11-24-19)17-25-14-8-5-9-20-18(14)26(17)13-6-3-2-4-7-13/h2-12H,1H3,(H,21,22,23,24). The van der Waals surface area contributed by atoms with Gasteiger partial charge in [0.15, 0.2) is 11.3 Å². The maximum Gasteiger partial charge on any atom is 0.164 e. The Kier molecular flexibility index (Phi) is 3.83. The molecular formula is C19H15N7S. The fraction of sp³-hybridized carbons (Fsp3) is 0.105. The number of hydrogen-bond acceptors (Lipinski definition) is 6. The lowest BCUT2D eigenvalue weighted by molar-refractivity contribution is 0.881. The molecule has 132 valence electrons. The van der Waals surface area contributed by atoms with Crippen molar-refractivity contribution in [3.8, 4) is 5.69 Å². The highest BCUT2D eigenvalue weighted by Gasteiger charge is 2.21. The van der Waals surface area contributed by atoms with E-state index in [0.717, 1.165) is 38.9 Å². The lowest BCUT2D eigenvalue weighted by atomic mass is 10.3. The van der Waals surface area contributed by atoms with Crippen LogP contribution in [0.5, 0.6) is 0 Å². The number of benzene rings is 1. The second-order valence-electron chi connectivity index (χ2n) is 6.03. The number of nitrogens with one attached hydrogen (secondary N) is 1. The van der Waals surface area contributed by atoms with E-state index in [0.29, 0.717) is 0 Å². The van der Waals surface area contributed by atoms with Crippen molar-refractivity contribution in [1.29, 1.82) is 0 Å². The maximum atomic E-state index is 4.86. The normalized spacial score (nSPS) is 12.6. The van der Waals surface area contributed by atoms with Gasteiger partial charge in [-0.05, 0) is 31.2 Å². The zero-order chi connectivity index (χ0) is 18.2. The van der Waals surface area contributed by atoms with E-state index in [1.807, 2.05) is 30.3 Å². The molecule has 27 heavy (non-hydrogen) atoms. The van der Waals surface area contributed by atoms with Gasteiger partial charge in [-0.2, -0.15) is 0 Å². The first-order valence-corrected chi connectivity index (χ1v) is 9.39. The molecule has 8 heteroatoms. The number of aromatic amines is 1. The summed E-state index contributed by atoms with van der Waals surface area (Å²) in [4.78, 5) is 25.4. The quantitative estimate of drug-likeness (QED) is 0.379. The molecule has 5 aromatic rings. The zero-order valence-corrected chi connectivity index (χ0v) is 15.3. The van der Waals surface area contributed by atoms with Crippen LogP contribution in [0.4, 0.5) is 0 Å². The van der Waals surface area contributed by atoms with E-state index in [1.165, 1.54) is 0 Å². The van der Waals surface area contributed by atoms with Crippen LogP contribution in [0.3, 0.4) is 0 Å². The van der Waals surface area contributed by atoms with Crippen LogP contribution in [0.25, 0.3) is 28.0 Å². The second kappa shape index (κ2) is 6.48. The van der Waals surface area contributed by atoms with Crippen molar-refractivity contribution in [3.63, 3.8) is 0 Å². The fourth-order valence-corrected chi connectivity index (χ4v) is 4.05. The van der Waals surface area contributed by atoms with E-state index in [1.54, 1.807) is 30.6 Å². The van der Waals surface area contributed by atoms with Gasteiger partial charge in [0.25, 0.3) is 0 Å². The van der Waals surface area contributed by atoms with E-state index in [-0.39, 0.29) is 5.25 Å². The molecule has 1 N–H and O–H groups in total. The van der Waals surface area contributed by atoms with E-state index >= 15 is 0 Å². The summed E-state index contributed by atoms with van der Waals surface area (Å²) in [5.41, 5.74) is 4.26. The summed E-state index contributed by atoms with van der Waals surface area (Å²) in [6.07, 6.45) is 4.98. The predicted molar refractivity (Wildman–Crippen MR) is 105 cm³/mol. The molecule has 0 spiro atoms. The molecule has 0 bridgehead atoms. The number of rotatable bonds is 4. The van der Waals surface area contributed by atoms with Gasteiger partial charge in [0.1, 0.15) is 28.2 Å². The van der Waals surface area contributed by atoms with Crippen molar-refractivity contribution in [2.45, 2.75) is 17.2 Å². The van der Waals surface area contributed by atoms with Crippen molar-refractivity contribution in [2.24, 2.45) is 0 Å². The lowest BCUT2D eigenvalue weighted by Gasteiger charge is -2.14. The van der Waals surface area contributed by atoms with Gasteiger partial charge in [-0.1, -0.05) is 30.0 Å². The molecule has 4 aromatic heterocycles. The van der Waals surface area contributed by atoms with Gasteiger partial charge in [-0.3, -0.25) is 4.57 Å². The Bertz CT molecular complexity index is 1230. The average molecular weight is 373 g/mol. The first-order valence-electron chi connectivity index (χ1n) is 8.51. The zero-order valence-electron chi connectivity index (χ0n) is 14.4. The van der Waals surface area contributed by atoms with Gasteiger partial charge in [-0.15, -0.1) is 0 Å². The molecule has 0 saturated carbocycles. The molecule has 4 heterocycles. The molecular weight excluding hydrogens is 358 g/mol. The topological polar surface area (TPSA) is 85.2 Å². The highest BCUT2D eigenvalue weighted by atomic mass is 32.2. The van der Waals surface area contributed by atoms with Crippen LogP contribution in [-0.2, 0) is 0 Å². The molecule has 0 aliphatic carbocycles. The first-order chi connectivity index (χ1) is 13.3. The molecule has 0 radical (unpaired) electrons. The number of hydrogen-bond donors (Lipinski definition) is 1. The molecule has 0 aliphatic rings. The Morgan fingerprint density at radius 1 is 1.00 bits per heavy atom. The molecule has 0 fully saturated rings. The average Bonchev–Trinajstić information content (AvgIpc) is 3.34. The van der Waals surface area contributed by atoms with E-state index in [2.05, 4.69) is 48.5 Å². The lowest BCUT2D eigenvalue weighted by Crippen LogP contribution is -2.04. The molecule has 0 saturated heterocycles. The Morgan fingerprint density at radius 2 is 1.89 bits per heavy atom. The fourth-order valence-electron chi connectivity index (χ4n) is 3.08. The number of fused-ring (bicyclic) bond motifs is 2. The Hall–Kier alpha value is -3.26. The van der Waals surface area contributed by atoms with Crippen LogP contribution < -0.4 is 0 Å². The number of nitrogens with zero attached hydrogens (tertiary/aromatic N) is 6. The summed E-state index contributed by atoms with van der Waals surface area (Å²) in [6.45, 7) is 2.12. The first kappa shape index (κ1) is 16.0. The van der Waals surface area contributed by atoms with Crippen LogP contribution in [0.15, 0.2) is 66.3 Å². The van der Waals surface area contributed by atoms with Gasteiger partial charge in [-0.25, -0.2) is 24.9 Å². The molecule has 1 unspecified atom stereocenters. The number of imidazole rings is 2. The SMILES string of the molecule is CC(Sc1ncnc2[nH]cnc12)c1nc2cccnc2n1-c1ccccc1. The monoisotopic (exact) mass is 373 g/mol. The number of H-pyrrole nitrogens is 1. The predicted octanol–water partition coefficient (Wildman–Crippen LogP) is 3.94. The second-order valence-corrected chi connectivity index (χ2v) is 7.36. The number of para-hydroxylation sites is 1. The van der Waals surface area contributed by atoms with Gasteiger partial charge < -0.3 is 4.98 Å². The minimum Gasteiger partial charge on any atom is -0.329 e. The van der Waals surface area contributed by atoms with Crippen LogP contribution in [0.2, 0.25) is 0 Å². The minimum atomic E-state index is 0.0363.